The Hall–Kier alpha value is -2.44. The van der Waals surface area contributed by atoms with E-state index in [2.05, 4.69) is 69.1 Å². The summed E-state index contributed by atoms with van der Waals surface area (Å²) in [6.07, 6.45) is 2.11. The van der Waals surface area contributed by atoms with Crippen molar-refractivity contribution < 1.29 is 14.6 Å². The number of hydrogen-bond acceptors (Lipinski definition) is 5. The molecule has 1 unspecified atom stereocenters. The summed E-state index contributed by atoms with van der Waals surface area (Å²) >= 11 is 0. The number of aryl methyl sites for hydroxylation is 2. The molecule has 0 radical (unpaired) electrons. The van der Waals surface area contributed by atoms with Crippen LogP contribution in [-0.4, -0.2) is 41.3 Å². The molecule has 6 nitrogen and oxygen atoms in total. The first-order valence-corrected chi connectivity index (χ1v) is 14.4. The average Bonchev–Trinajstić information content (AvgIpc) is 2.80. The third kappa shape index (κ3) is 8.52. The lowest BCUT2D eigenvalue weighted by Gasteiger charge is -2.41. The zero-order valence-corrected chi connectivity index (χ0v) is 26.0. The number of ether oxygens (including phenoxy) is 1. The van der Waals surface area contributed by atoms with Gasteiger partial charge in [0.2, 0.25) is 0 Å². The lowest BCUT2D eigenvalue weighted by molar-refractivity contribution is -0.160. The number of carboxylic acid groups (broad SMARTS) is 1. The van der Waals surface area contributed by atoms with Gasteiger partial charge in [0, 0.05) is 42.1 Å². The summed E-state index contributed by atoms with van der Waals surface area (Å²) in [6.45, 7) is 24.6. The lowest BCUT2D eigenvalue weighted by Crippen LogP contribution is -2.39. The maximum atomic E-state index is 12.7. The highest BCUT2D eigenvalue weighted by atomic mass is 16.5. The van der Waals surface area contributed by atoms with Gasteiger partial charge in [0.25, 0.3) is 0 Å². The first-order valence-electron chi connectivity index (χ1n) is 14.4. The Morgan fingerprint density at radius 2 is 1.64 bits per heavy atom. The molecule has 2 N–H and O–H groups in total. The Kier molecular flexibility index (Phi) is 9.55. The lowest BCUT2D eigenvalue weighted by atomic mass is 9.81. The zero-order chi connectivity index (χ0) is 29.2. The molecule has 0 aliphatic carbocycles. The molecule has 1 atom stereocenters. The largest absolute Gasteiger partial charge is 0.479 e. The summed E-state index contributed by atoms with van der Waals surface area (Å²) in [5, 5.41) is 13.9. The molecule has 0 amide bonds. The van der Waals surface area contributed by atoms with Crippen molar-refractivity contribution in [3.8, 4) is 11.1 Å². The molecule has 1 aliphatic heterocycles. The van der Waals surface area contributed by atoms with Crippen molar-refractivity contribution in [1.82, 2.24) is 10.3 Å². The number of carboxylic acids is 1. The van der Waals surface area contributed by atoms with Gasteiger partial charge in [0.1, 0.15) is 0 Å². The minimum atomic E-state index is -1.10. The Morgan fingerprint density at radius 1 is 1.05 bits per heavy atom. The molecule has 0 bridgehead atoms. The minimum absolute atomic E-state index is 0.268. The molecule has 39 heavy (non-hydrogen) atoms. The molecule has 1 aromatic carbocycles. The second-order valence-corrected chi connectivity index (χ2v) is 14.2. The van der Waals surface area contributed by atoms with Crippen LogP contribution in [0.3, 0.4) is 0 Å². The van der Waals surface area contributed by atoms with E-state index in [0.29, 0.717) is 16.7 Å². The molecule has 1 aliphatic rings. The molecule has 2 aromatic rings. The average molecular weight is 538 g/mol. The number of aliphatic carboxylic acids is 1. The molecular weight excluding hydrogens is 486 g/mol. The van der Waals surface area contributed by atoms with Crippen LogP contribution in [0.4, 0.5) is 5.69 Å². The number of benzene rings is 1. The molecule has 2 heterocycles. The van der Waals surface area contributed by atoms with E-state index in [-0.39, 0.29) is 5.41 Å². The Bertz CT molecular complexity index is 1130. The van der Waals surface area contributed by atoms with Gasteiger partial charge < -0.3 is 20.1 Å². The Labute approximate surface area is 236 Å². The maximum Gasteiger partial charge on any atom is 0.337 e. The van der Waals surface area contributed by atoms with Crippen molar-refractivity contribution in [2.24, 2.45) is 10.8 Å². The Morgan fingerprint density at radius 3 is 2.15 bits per heavy atom. The van der Waals surface area contributed by atoms with Crippen molar-refractivity contribution in [2.75, 3.05) is 24.5 Å². The highest BCUT2D eigenvalue weighted by molar-refractivity contribution is 5.88. The standard InChI is InChI=1S/C33H51N3O3/c1-22-26(25-13-11-24(12-14-25)21-34-18-15-31(3,4)5)28(36-19-16-33(9,10)17-20-36)27(23(2)35-22)29(30(37)38)39-32(6,7)8/h11-14,29,34H,15-21H2,1-10H3,(H,37,38). The first-order chi connectivity index (χ1) is 18.0. The van der Waals surface area contributed by atoms with Crippen molar-refractivity contribution in [2.45, 2.75) is 107 Å². The van der Waals surface area contributed by atoms with Gasteiger partial charge in [0.15, 0.2) is 6.10 Å². The van der Waals surface area contributed by atoms with E-state index >= 15 is 0 Å². The van der Waals surface area contributed by atoms with Gasteiger partial charge in [-0.15, -0.1) is 0 Å². The van der Waals surface area contributed by atoms with Crippen molar-refractivity contribution >= 4 is 11.7 Å². The van der Waals surface area contributed by atoms with Crippen LogP contribution in [0.2, 0.25) is 0 Å². The number of aromatic nitrogens is 1. The first kappa shape index (κ1) is 31.1. The zero-order valence-electron chi connectivity index (χ0n) is 26.0. The number of rotatable bonds is 9. The van der Waals surface area contributed by atoms with Gasteiger partial charge in [-0.2, -0.15) is 0 Å². The van der Waals surface area contributed by atoms with Crippen molar-refractivity contribution in [3.05, 3.63) is 46.8 Å². The van der Waals surface area contributed by atoms with Crippen LogP contribution >= 0.6 is 0 Å². The van der Waals surface area contributed by atoms with Gasteiger partial charge in [-0.3, -0.25) is 4.98 Å². The van der Waals surface area contributed by atoms with Crippen LogP contribution in [0.1, 0.15) is 103 Å². The topological polar surface area (TPSA) is 74.7 Å². The quantitative estimate of drug-likeness (QED) is 0.323. The summed E-state index contributed by atoms with van der Waals surface area (Å²) in [4.78, 5) is 19.9. The SMILES string of the molecule is Cc1nc(C)c(C(OC(C)(C)C)C(=O)O)c(N2CCC(C)(C)CC2)c1-c1ccc(CNCCC(C)(C)C)cc1. The molecule has 216 valence electrons. The van der Waals surface area contributed by atoms with Gasteiger partial charge in [0.05, 0.1) is 11.3 Å². The number of hydrogen-bond donors (Lipinski definition) is 2. The van der Waals surface area contributed by atoms with E-state index in [0.717, 1.165) is 67.9 Å². The van der Waals surface area contributed by atoms with E-state index in [4.69, 9.17) is 9.72 Å². The third-order valence-electron chi connectivity index (χ3n) is 7.59. The molecule has 6 heteroatoms. The molecule has 0 spiro atoms. The van der Waals surface area contributed by atoms with Crippen LogP contribution in [0.15, 0.2) is 24.3 Å². The summed E-state index contributed by atoms with van der Waals surface area (Å²) in [5.74, 6) is -0.986. The van der Waals surface area contributed by atoms with Crippen LogP contribution in [0.25, 0.3) is 11.1 Å². The molecule has 1 aromatic heterocycles. The summed E-state index contributed by atoms with van der Waals surface area (Å²) < 4.78 is 6.19. The smallest absolute Gasteiger partial charge is 0.337 e. The number of nitrogens with one attached hydrogen (secondary N) is 1. The normalized spacial score (nSPS) is 16.8. The molecule has 1 saturated heterocycles. The monoisotopic (exact) mass is 537 g/mol. The maximum absolute atomic E-state index is 12.7. The van der Waals surface area contributed by atoms with Crippen molar-refractivity contribution in [1.29, 1.82) is 0 Å². The molecular formula is C33H51N3O3. The van der Waals surface area contributed by atoms with Crippen LogP contribution in [0, 0.1) is 24.7 Å². The molecule has 0 saturated carbocycles. The number of nitrogens with zero attached hydrogens (tertiary/aromatic N) is 2. The second-order valence-electron chi connectivity index (χ2n) is 14.2. The fourth-order valence-corrected chi connectivity index (χ4v) is 5.24. The fraction of sp³-hybridized carbons (Fsp3) is 0.636. The molecule has 3 rings (SSSR count). The van der Waals surface area contributed by atoms with E-state index in [1.807, 2.05) is 34.6 Å². The van der Waals surface area contributed by atoms with Gasteiger partial charge in [-0.1, -0.05) is 58.9 Å². The van der Waals surface area contributed by atoms with Crippen LogP contribution in [0.5, 0.6) is 0 Å². The second kappa shape index (κ2) is 12.0. The van der Waals surface area contributed by atoms with Crippen molar-refractivity contribution in [3.63, 3.8) is 0 Å². The predicted molar refractivity (Wildman–Crippen MR) is 161 cm³/mol. The number of pyridine rings is 1. The number of carbonyl (C=O) groups is 1. The number of piperidine rings is 1. The summed E-state index contributed by atoms with van der Waals surface area (Å²) in [7, 11) is 0. The van der Waals surface area contributed by atoms with Gasteiger partial charge in [-0.05, 0) is 82.4 Å². The highest BCUT2D eigenvalue weighted by Crippen LogP contribution is 2.44. The van der Waals surface area contributed by atoms with Gasteiger partial charge >= 0.3 is 5.97 Å². The third-order valence-corrected chi connectivity index (χ3v) is 7.59. The predicted octanol–water partition coefficient (Wildman–Crippen LogP) is 7.46. The van der Waals surface area contributed by atoms with E-state index in [1.165, 1.54) is 5.56 Å². The highest BCUT2D eigenvalue weighted by Gasteiger charge is 2.36. The fourth-order valence-electron chi connectivity index (χ4n) is 5.24. The minimum Gasteiger partial charge on any atom is -0.479 e. The van der Waals surface area contributed by atoms with E-state index in [1.54, 1.807) is 0 Å². The van der Waals surface area contributed by atoms with Gasteiger partial charge in [-0.25, -0.2) is 4.79 Å². The molecule has 1 fully saturated rings. The summed E-state index contributed by atoms with van der Waals surface area (Å²) in [5.41, 5.74) is 6.51. The van der Waals surface area contributed by atoms with Crippen LogP contribution < -0.4 is 10.2 Å². The summed E-state index contributed by atoms with van der Waals surface area (Å²) in [6, 6.07) is 8.65. The Balaban J connectivity index is 2.07. The number of anilines is 1. The van der Waals surface area contributed by atoms with E-state index in [9.17, 15) is 9.90 Å². The van der Waals surface area contributed by atoms with Crippen LogP contribution in [-0.2, 0) is 16.1 Å². The van der Waals surface area contributed by atoms with E-state index < -0.39 is 17.7 Å².